The first kappa shape index (κ1) is 10.0. The van der Waals surface area contributed by atoms with Crippen molar-refractivity contribution in [1.29, 1.82) is 0 Å². The molecule has 0 bridgehead atoms. The number of nitrogens with zero attached hydrogens (tertiary/aromatic N) is 1. The molecule has 2 nitrogen and oxygen atoms in total. The van der Waals surface area contributed by atoms with Gasteiger partial charge in [-0.25, -0.2) is 0 Å². The molecule has 72 valence electrons. The minimum absolute atomic E-state index is 0.476. The molecule has 0 spiro atoms. The molecule has 2 heteroatoms. The summed E-state index contributed by atoms with van der Waals surface area (Å²) in [6.07, 6.45) is 2.38. The number of aliphatic hydroxyl groups is 1. The molecule has 1 unspecified atom stereocenters. The Morgan fingerprint density at radius 1 is 1.50 bits per heavy atom. The topological polar surface area (TPSA) is 23.5 Å². The molecule has 1 atom stereocenters. The van der Waals surface area contributed by atoms with Crippen molar-refractivity contribution >= 4 is 0 Å². The van der Waals surface area contributed by atoms with E-state index in [1.165, 1.54) is 19.5 Å². The van der Waals surface area contributed by atoms with E-state index in [9.17, 15) is 5.11 Å². The first-order valence-electron chi connectivity index (χ1n) is 4.98. The molecule has 0 radical (unpaired) electrons. The Bertz CT molecular complexity index is 139. The van der Waals surface area contributed by atoms with E-state index in [-0.39, 0.29) is 0 Å². The fourth-order valence-electron chi connectivity index (χ4n) is 1.93. The maximum atomic E-state index is 9.78. The molecular weight excluding hydrogens is 150 g/mol. The molecule has 1 heterocycles. The maximum absolute atomic E-state index is 9.78. The standard InChI is InChI=1S/C10H21NO/c1-4-6-11-7-5-9(8-11)10(2,3)12/h9,12H,4-8H2,1-3H3. The van der Waals surface area contributed by atoms with Crippen molar-refractivity contribution in [2.45, 2.75) is 39.2 Å². The van der Waals surface area contributed by atoms with Gasteiger partial charge >= 0.3 is 0 Å². The Labute approximate surface area is 75.6 Å². The van der Waals surface area contributed by atoms with Crippen LogP contribution >= 0.6 is 0 Å². The van der Waals surface area contributed by atoms with Crippen LogP contribution in [0.5, 0.6) is 0 Å². The summed E-state index contributed by atoms with van der Waals surface area (Å²) < 4.78 is 0. The third-order valence-corrected chi connectivity index (χ3v) is 2.81. The highest BCUT2D eigenvalue weighted by molar-refractivity contribution is 4.85. The van der Waals surface area contributed by atoms with Crippen LogP contribution in [0.1, 0.15) is 33.6 Å². The summed E-state index contributed by atoms with van der Waals surface area (Å²) in [6, 6.07) is 0. The van der Waals surface area contributed by atoms with Gasteiger partial charge in [-0.3, -0.25) is 0 Å². The Morgan fingerprint density at radius 3 is 2.58 bits per heavy atom. The number of hydrogen-bond donors (Lipinski definition) is 1. The number of rotatable bonds is 3. The Balaban J connectivity index is 2.35. The highest BCUT2D eigenvalue weighted by atomic mass is 16.3. The van der Waals surface area contributed by atoms with Crippen molar-refractivity contribution in [2.75, 3.05) is 19.6 Å². The minimum atomic E-state index is -0.484. The second kappa shape index (κ2) is 3.75. The summed E-state index contributed by atoms with van der Waals surface area (Å²) in [4.78, 5) is 2.45. The van der Waals surface area contributed by atoms with Crippen LogP contribution in [0.2, 0.25) is 0 Å². The average Bonchev–Trinajstić information content (AvgIpc) is 2.35. The van der Waals surface area contributed by atoms with E-state index in [1.807, 2.05) is 13.8 Å². The Kier molecular flexibility index (Phi) is 3.13. The molecule has 1 N–H and O–H groups in total. The third-order valence-electron chi connectivity index (χ3n) is 2.81. The zero-order valence-corrected chi connectivity index (χ0v) is 8.51. The molecule has 0 aromatic heterocycles. The Hall–Kier alpha value is -0.0800. The lowest BCUT2D eigenvalue weighted by Gasteiger charge is -2.25. The van der Waals surface area contributed by atoms with Gasteiger partial charge in [0.25, 0.3) is 0 Å². The summed E-state index contributed by atoms with van der Waals surface area (Å²) in [5, 5.41) is 9.78. The van der Waals surface area contributed by atoms with Gasteiger partial charge in [0.1, 0.15) is 0 Å². The predicted molar refractivity (Wildman–Crippen MR) is 51.1 cm³/mol. The quantitative estimate of drug-likeness (QED) is 0.695. The molecule has 1 saturated heterocycles. The molecule has 1 fully saturated rings. The number of likely N-dealkylation sites (tertiary alicyclic amines) is 1. The second-order valence-electron chi connectivity index (χ2n) is 4.44. The van der Waals surface area contributed by atoms with Crippen molar-refractivity contribution < 1.29 is 5.11 Å². The van der Waals surface area contributed by atoms with Crippen LogP contribution in [0.25, 0.3) is 0 Å². The van der Waals surface area contributed by atoms with Gasteiger partial charge in [0.15, 0.2) is 0 Å². The molecule has 1 aliphatic heterocycles. The zero-order chi connectivity index (χ0) is 9.19. The SMILES string of the molecule is CCCN1CCC(C(C)(C)O)C1. The van der Waals surface area contributed by atoms with E-state index in [4.69, 9.17) is 0 Å². The van der Waals surface area contributed by atoms with E-state index in [0.29, 0.717) is 5.92 Å². The summed E-state index contributed by atoms with van der Waals surface area (Å²) in [5.41, 5.74) is -0.484. The fraction of sp³-hybridized carbons (Fsp3) is 1.00. The lowest BCUT2D eigenvalue weighted by atomic mass is 9.90. The van der Waals surface area contributed by atoms with Gasteiger partial charge in [-0.1, -0.05) is 6.92 Å². The summed E-state index contributed by atoms with van der Waals surface area (Å²) in [5.74, 6) is 0.476. The Morgan fingerprint density at radius 2 is 2.17 bits per heavy atom. The second-order valence-corrected chi connectivity index (χ2v) is 4.44. The largest absolute Gasteiger partial charge is 0.390 e. The van der Waals surface area contributed by atoms with Crippen LogP contribution in [0, 0.1) is 5.92 Å². The maximum Gasteiger partial charge on any atom is 0.0632 e. The zero-order valence-electron chi connectivity index (χ0n) is 8.51. The van der Waals surface area contributed by atoms with Gasteiger partial charge < -0.3 is 10.0 Å². The van der Waals surface area contributed by atoms with Gasteiger partial charge in [0.2, 0.25) is 0 Å². The summed E-state index contributed by atoms with van der Waals surface area (Å²) in [7, 11) is 0. The molecular formula is C10H21NO. The van der Waals surface area contributed by atoms with Crippen LogP contribution < -0.4 is 0 Å². The van der Waals surface area contributed by atoms with Gasteiger partial charge in [0.05, 0.1) is 5.60 Å². The smallest absolute Gasteiger partial charge is 0.0632 e. The predicted octanol–water partition coefficient (Wildman–Crippen LogP) is 1.49. The van der Waals surface area contributed by atoms with Gasteiger partial charge in [-0.15, -0.1) is 0 Å². The molecule has 0 aromatic rings. The molecule has 1 rings (SSSR count). The highest BCUT2D eigenvalue weighted by Gasteiger charge is 2.32. The van der Waals surface area contributed by atoms with Crippen molar-refractivity contribution in [3.05, 3.63) is 0 Å². The van der Waals surface area contributed by atoms with Crippen LogP contribution in [0.3, 0.4) is 0 Å². The normalized spacial score (nSPS) is 26.5. The molecule has 0 aliphatic carbocycles. The van der Waals surface area contributed by atoms with E-state index in [1.54, 1.807) is 0 Å². The van der Waals surface area contributed by atoms with Gasteiger partial charge in [0, 0.05) is 12.5 Å². The summed E-state index contributed by atoms with van der Waals surface area (Å²) >= 11 is 0. The van der Waals surface area contributed by atoms with E-state index < -0.39 is 5.60 Å². The minimum Gasteiger partial charge on any atom is -0.390 e. The van der Waals surface area contributed by atoms with E-state index in [0.717, 1.165) is 13.0 Å². The van der Waals surface area contributed by atoms with Crippen molar-refractivity contribution in [3.63, 3.8) is 0 Å². The molecule has 0 amide bonds. The molecule has 1 aliphatic rings. The molecule has 12 heavy (non-hydrogen) atoms. The van der Waals surface area contributed by atoms with Crippen LogP contribution in [-0.4, -0.2) is 35.2 Å². The van der Waals surface area contributed by atoms with Crippen LogP contribution in [0.15, 0.2) is 0 Å². The van der Waals surface area contributed by atoms with Crippen LogP contribution in [-0.2, 0) is 0 Å². The monoisotopic (exact) mass is 171 g/mol. The average molecular weight is 171 g/mol. The van der Waals surface area contributed by atoms with Crippen LogP contribution in [0.4, 0.5) is 0 Å². The molecule has 0 saturated carbocycles. The van der Waals surface area contributed by atoms with Gasteiger partial charge in [-0.05, 0) is 39.8 Å². The fourth-order valence-corrected chi connectivity index (χ4v) is 1.93. The lowest BCUT2D eigenvalue weighted by Crippen LogP contribution is -2.33. The summed E-state index contributed by atoms with van der Waals surface area (Å²) in [6.45, 7) is 9.49. The van der Waals surface area contributed by atoms with Gasteiger partial charge in [-0.2, -0.15) is 0 Å². The number of hydrogen-bond acceptors (Lipinski definition) is 2. The van der Waals surface area contributed by atoms with E-state index in [2.05, 4.69) is 11.8 Å². The lowest BCUT2D eigenvalue weighted by molar-refractivity contribution is 0.0211. The van der Waals surface area contributed by atoms with Crippen molar-refractivity contribution in [2.24, 2.45) is 5.92 Å². The first-order chi connectivity index (χ1) is 5.54. The first-order valence-corrected chi connectivity index (χ1v) is 4.98. The van der Waals surface area contributed by atoms with Crippen molar-refractivity contribution in [3.8, 4) is 0 Å². The third kappa shape index (κ3) is 2.46. The van der Waals surface area contributed by atoms with Crippen molar-refractivity contribution in [1.82, 2.24) is 4.90 Å². The molecule has 0 aromatic carbocycles. The highest BCUT2D eigenvalue weighted by Crippen LogP contribution is 2.26. The van der Waals surface area contributed by atoms with E-state index >= 15 is 0 Å².